The summed E-state index contributed by atoms with van der Waals surface area (Å²) in [7, 11) is 0. The standard InChI is InChI=1S/C26H26Cl2N2O2S/c1-5-10-30-22-13-21(28)18(11-20(22)16(2)14-26(30,3)4)12-23-24(31)29(25(32)33-23)15-17-6-8-19(27)9-7-17/h6-9,11-14H,5,10,15H2,1-4H3/b23-12+. The predicted molar refractivity (Wildman–Crippen MR) is 140 cm³/mol. The van der Waals surface area contributed by atoms with E-state index in [0.29, 0.717) is 15.0 Å². The largest absolute Gasteiger partial charge is 0.362 e. The minimum atomic E-state index is -0.310. The van der Waals surface area contributed by atoms with Crippen LogP contribution >= 0.6 is 35.0 Å². The molecule has 1 fully saturated rings. The van der Waals surface area contributed by atoms with E-state index in [0.717, 1.165) is 47.1 Å². The molecule has 0 saturated carbocycles. The molecule has 0 spiro atoms. The summed E-state index contributed by atoms with van der Waals surface area (Å²) in [4.78, 5) is 29.6. The van der Waals surface area contributed by atoms with Crippen LogP contribution in [0.15, 0.2) is 47.4 Å². The van der Waals surface area contributed by atoms with E-state index in [1.165, 1.54) is 10.5 Å². The minimum Gasteiger partial charge on any atom is -0.362 e. The Balaban J connectivity index is 1.66. The van der Waals surface area contributed by atoms with E-state index < -0.39 is 0 Å². The zero-order valence-corrected chi connectivity index (χ0v) is 21.4. The van der Waals surface area contributed by atoms with Gasteiger partial charge >= 0.3 is 0 Å². The van der Waals surface area contributed by atoms with Gasteiger partial charge < -0.3 is 4.90 Å². The molecule has 172 valence electrons. The number of carbonyl (C=O) groups excluding carboxylic acids is 2. The van der Waals surface area contributed by atoms with Crippen LogP contribution in [0.3, 0.4) is 0 Å². The summed E-state index contributed by atoms with van der Waals surface area (Å²) in [6.45, 7) is 9.79. The normalized spacial score (nSPS) is 18.7. The molecule has 0 bridgehead atoms. The zero-order valence-electron chi connectivity index (χ0n) is 19.1. The fraction of sp³-hybridized carbons (Fsp3) is 0.308. The van der Waals surface area contributed by atoms with Crippen molar-refractivity contribution in [1.29, 1.82) is 0 Å². The third-order valence-electron chi connectivity index (χ3n) is 5.96. The lowest BCUT2D eigenvalue weighted by Gasteiger charge is -2.43. The van der Waals surface area contributed by atoms with Crippen molar-refractivity contribution in [2.24, 2.45) is 0 Å². The molecule has 1 saturated heterocycles. The first kappa shape index (κ1) is 23.9. The molecule has 33 heavy (non-hydrogen) atoms. The Labute approximate surface area is 209 Å². The molecule has 7 heteroatoms. The molecule has 2 heterocycles. The lowest BCUT2D eigenvalue weighted by atomic mass is 9.87. The number of fused-ring (bicyclic) bond motifs is 1. The monoisotopic (exact) mass is 500 g/mol. The lowest BCUT2D eigenvalue weighted by Crippen LogP contribution is -2.45. The first-order valence-electron chi connectivity index (χ1n) is 10.9. The highest BCUT2D eigenvalue weighted by Gasteiger charge is 2.36. The molecule has 0 N–H and O–H groups in total. The van der Waals surface area contributed by atoms with E-state index in [2.05, 4.69) is 38.7 Å². The zero-order chi connectivity index (χ0) is 23.9. The van der Waals surface area contributed by atoms with Crippen molar-refractivity contribution < 1.29 is 9.59 Å². The van der Waals surface area contributed by atoms with E-state index in [1.54, 1.807) is 18.2 Å². The number of carbonyl (C=O) groups is 2. The van der Waals surface area contributed by atoms with Crippen molar-refractivity contribution in [3.63, 3.8) is 0 Å². The summed E-state index contributed by atoms with van der Waals surface area (Å²) in [5.74, 6) is -0.310. The smallest absolute Gasteiger partial charge is 0.293 e. The number of thioether (sulfide) groups is 1. The molecule has 0 radical (unpaired) electrons. The molecule has 2 amide bonds. The van der Waals surface area contributed by atoms with Gasteiger partial charge in [0.25, 0.3) is 11.1 Å². The fourth-order valence-corrected chi connectivity index (χ4v) is 5.57. The van der Waals surface area contributed by atoms with Crippen molar-refractivity contribution in [2.45, 2.75) is 46.2 Å². The van der Waals surface area contributed by atoms with Crippen LogP contribution in [0, 0.1) is 0 Å². The van der Waals surface area contributed by atoms with Gasteiger partial charge in [-0.15, -0.1) is 0 Å². The van der Waals surface area contributed by atoms with Gasteiger partial charge in [-0.2, -0.15) is 0 Å². The maximum Gasteiger partial charge on any atom is 0.293 e. The van der Waals surface area contributed by atoms with Gasteiger partial charge in [-0.05, 0) is 86.0 Å². The van der Waals surface area contributed by atoms with Gasteiger partial charge in [0.1, 0.15) is 0 Å². The van der Waals surface area contributed by atoms with E-state index in [1.807, 2.05) is 24.3 Å². The van der Waals surface area contributed by atoms with Gasteiger partial charge in [0.2, 0.25) is 0 Å². The Morgan fingerprint density at radius 1 is 1.09 bits per heavy atom. The molecule has 0 aliphatic carbocycles. The summed E-state index contributed by atoms with van der Waals surface area (Å²) >= 11 is 13.6. The van der Waals surface area contributed by atoms with Crippen molar-refractivity contribution in [3.8, 4) is 0 Å². The van der Waals surface area contributed by atoms with Crippen LogP contribution < -0.4 is 4.90 Å². The van der Waals surface area contributed by atoms with Gasteiger partial charge in [-0.25, -0.2) is 0 Å². The lowest BCUT2D eigenvalue weighted by molar-refractivity contribution is -0.123. The number of hydrogen-bond donors (Lipinski definition) is 0. The molecular weight excluding hydrogens is 475 g/mol. The van der Waals surface area contributed by atoms with E-state index in [9.17, 15) is 9.59 Å². The average molecular weight is 501 g/mol. The van der Waals surface area contributed by atoms with Crippen LogP contribution in [-0.4, -0.2) is 28.1 Å². The molecule has 4 nitrogen and oxygen atoms in total. The second-order valence-corrected chi connectivity index (χ2v) is 10.8. The number of rotatable bonds is 5. The molecule has 2 aliphatic heterocycles. The van der Waals surface area contributed by atoms with Crippen molar-refractivity contribution in [3.05, 3.63) is 74.1 Å². The minimum absolute atomic E-state index is 0.109. The summed E-state index contributed by atoms with van der Waals surface area (Å²) in [6, 6.07) is 11.1. The molecule has 4 rings (SSSR count). The Morgan fingerprint density at radius 2 is 1.79 bits per heavy atom. The van der Waals surface area contributed by atoms with Gasteiger partial charge in [-0.1, -0.05) is 48.3 Å². The third kappa shape index (κ3) is 4.72. The first-order chi connectivity index (χ1) is 15.6. The fourth-order valence-electron chi connectivity index (χ4n) is 4.41. The molecule has 0 unspecified atom stereocenters. The van der Waals surface area contributed by atoms with Crippen LogP contribution in [0.25, 0.3) is 11.6 Å². The Morgan fingerprint density at radius 3 is 2.45 bits per heavy atom. The summed E-state index contributed by atoms with van der Waals surface area (Å²) in [5.41, 5.74) is 4.83. The summed E-state index contributed by atoms with van der Waals surface area (Å²) in [5, 5.41) is 0.882. The number of halogens is 2. The predicted octanol–water partition coefficient (Wildman–Crippen LogP) is 7.64. The van der Waals surface area contributed by atoms with E-state index in [4.69, 9.17) is 23.2 Å². The number of nitrogens with zero attached hydrogens (tertiary/aromatic N) is 2. The van der Waals surface area contributed by atoms with Gasteiger partial charge in [-0.3, -0.25) is 14.5 Å². The number of imide groups is 1. The van der Waals surface area contributed by atoms with Crippen molar-refractivity contribution in [2.75, 3.05) is 11.4 Å². The molecule has 0 aromatic heterocycles. The number of anilines is 1. The van der Waals surface area contributed by atoms with Gasteiger partial charge in [0.05, 0.1) is 17.0 Å². The average Bonchev–Trinajstić information content (AvgIpc) is 3.00. The van der Waals surface area contributed by atoms with Gasteiger partial charge in [0, 0.05) is 27.8 Å². The highest BCUT2D eigenvalue weighted by atomic mass is 35.5. The van der Waals surface area contributed by atoms with Crippen molar-refractivity contribution >= 4 is 63.4 Å². The Hall–Kier alpha value is -2.21. The highest BCUT2D eigenvalue weighted by molar-refractivity contribution is 8.18. The van der Waals surface area contributed by atoms with Crippen LogP contribution in [0.5, 0.6) is 0 Å². The van der Waals surface area contributed by atoms with Crippen LogP contribution in [0.2, 0.25) is 10.0 Å². The molecular formula is C26H26Cl2N2O2S. The molecule has 2 aliphatic rings. The topological polar surface area (TPSA) is 40.6 Å². The maximum absolute atomic E-state index is 13.0. The van der Waals surface area contributed by atoms with Crippen LogP contribution in [0.4, 0.5) is 10.5 Å². The number of amides is 2. The number of allylic oxidation sites excluding steroid dienone is 1. The molecule has 2 aromatic carbocycles. The van der Waals surface area contributed by atoms with Crippen LogP contribution in [0.1, 0.15) is 50.8 Å². The number of benzene rings is 2. The van der Waals surface area contributed by atoms with E-state index in [-0.39, 0.29) is 23.2 Å². The molecule has 2 aromatic rings. The summed E-state index contributed by atoms with van der Waals surface area (Å²) in [6.07, 6.45) is 5.02. The Kier molecular flexibility index (Phi) is 6.68. The van der Waals surface area contributed by atoms with Crippen LogP contribution in [-0.2, 0) is 11.3 Å². The second-order valence-electron chi connectivity index (χ2n) is 8.92. The quantitative estimate of drug-likeness (QED) is 0.395. The Bertz CT molecular complexity index is 1190. The second kappa shape index (κ2) is 9.21. The number of hydrogen-bond acceptors (Lipinski definition) is 4. The summed E-state index contributed by atoms with van der Waals surface area (Å²) < 4.78 is 0. The van der Waals surface area contributed by atoms with E-state index >= 15 is 0 Å². The third-order valence-corrected chi connectivity index (χ3v) is 7.44. The van der Waals surface area contributed by atoms with Crippen molar-refractivity contribution in [1.82, 2.24) is 4.90 Å². The molecule has 0 atom stereocenters. The van der Waals surface area contributed by atoms with Gasteiger partial charge in [0.15, 0.2) is 0 Å². The maximum atomic E-state index is 13.0. The first-order valence-corrected chi connectivity index (χ1v) is 12.5. The SMILES string of the molecule is CCCN1c2cc(Cl)c(/C=C3/SC(=O)N(Cc4ccc(Cl)cc4)C3=O)cc2C(C)=CC1(C)C. The highest BCUT2D eigenvalue weighted by Crippen LogP contribution is 2.43.